The van der Waals surface area contributed by atoms with Crippen LogP contribution in [0.2, 0.25) is 0 Å². The van der Waals surface area contributed by atoms with Crippen LogP contribution in [0.25, 0.3) is 5.69 Å². The van der Waals surface area contributed by atoms with Crippen molar-refractivity contribution in [3.05, 3.63) is 33.8 Å². The van der Waals surface area contributed by atoms with E-state index in [1.54, 1.807) is 35.9 Å². The van der Waals surface area contributed by atoms with Crippen molar-refractivity contribution in [2.45, 2.75) is 24.3 Å². The van der Waals surface area contributed by atoms with Crippen LogP contribution in [0, 0.1) is 3.95 Å². The largest absolute Gasteiger partial charge is 0.449 e. The zero-order valence-electron chi connectivity index (χ0n) is 14.8. The molecule has 2 N–H and O–H groups in total. The van der Waals surface area contributed by atoms with Crippen molar-refractivity contribution in [3.63, 3.8) is 0 Å². The van der Waals surface area contributed by atoms with Gasteiger partial charge in [-0.15, -0.1) is 5.10 Å². The van der Waals surface area contributed by atoms with Gasteiger partial charge in [0.25, 0.3) is 5.91 Å². The van der Waals surface area contributed by atoms with Crippen molar-refractivity contribution in [2.24, 2.45) is 0 Å². The van der Waals surface area contributed by atoms with E-state index in [1.807, 2.05) is 6.26 Å². The molecule has 2 rings (SSSR count). The Labute approximate surface area is 169 Å². The summed E-state index contributed by atoms with van der Waals surface area (Å²) in [5.41, 5.74) is 0.985. The van der Waals surface area contributed by atoms with Gasteiger partial charge in [0, 0.05) is 6.54 Å². The minimum atomic E-state index is -1.11. The van der Waals surface area contributed by atoms with E-state index in [-0.39, 0.29) is 5.56 Å². The Morgan fingerprint density at radius 3 is 2.56 bits per heavy atom. The molecule has 0 spiro atoms. The third-order valence-corrected chi connectivity index (χ3v) is 5.49. The normalized spacial score (nSPS) is 11.5. The van der Waals surface area contributed by atoms with Gasteiger partial charge < -0.3 is 10.1 Å². The molecular weight excluding hydrogens is 408 g/mol. The van der Waals surface area contributed by atoms with Crippen molar-refractivity contribution in [1.29, 1.82) is 0 Å². The lowest BCUT2D eigenvalue weighted by Gasteiger charge is -2.13. The van der Waals surface area contributed by atoms with Crippen LogP contribution in [-0.2, 0) is 9.53 Å². The lowest BCUT2D eigenvalue weighted by Crippen LogP contribution is -2.44. The summed E-state index contributed by atoms with van der Waals surface area (Å²) in [6, 6.07) is 5.86. The highest BCUT2D eigenvalue weighted by Crippen LogP contribution is 2.22. The lowest BCUT2D eigenvalue weighted by molar-refractivity contribution is -0.127. The van der Waals surface area contributed by atoms with E-state index in [9.17, 15) is 14.4 Å². The van der Waals surface area contributed by atoms with Gasteiger partial charge in [-0.2, -0.15) is 0 Å². The molecule has 0 aliphatic heterocycles. The van der Waals surface area contributed by atoms with Gasteiger partial charge in [-0.3, -0.25) is 10.1 Å². The van der Waals surface area contributed by atoms with Crippen molar-refractivity contribution < 1.29 is 19.1 Å². The summed E-state index contributed by atoms with van der Waals surface area (Å²) in [7, 11) is 0. The van der Waals surface area contributed by atoms with Crippen LogP contribution >= 0.6 is 35.3 Å². The van der Waals surface area contributed by atoms with Crippen LogP contribution in [0.4, 0.5) is 4.79 Å². The second kappa shape index (κ2) is 9.62. The number of hydrogen-bond acceptors (Lipinski definition) is 8. The monoisotopic (exact) mass is 426 g/mol. The Balaban J connectivity index is 2.02. The molecule has 1 unspecified atom stereocenters. The molecule has 144 valence electrons. The maximum absolute atomic E-state index is 12.2. The summed E-state index contributed by atoms with van der Waals surface area (Å²) in [6.07, 6.45) is 0.802. The van der Waals surface area contributed by atoms with E-state index in [2.05, 4.69) is 15.7 Å². The van der Waals surface area contributed by atoms with E-state index in [1.165, 1.54) is 30.0 Å². The minimum Gasteiger partial charge on any atom is -0.449 e. The molecule has 0 bridgehead atoms. The number of imide groups is 1. The molecule has 0 saturated carbocycles. The van der Waals surface area contributed by atoms with Gasteiger partial charge >= 0.3 is 12.0 Å². The average Bonchev–Trinajstić information content (AvgIpc) is 3.02. The SMILES string of the molecule is CCNC(=O)NC(=O)C(C)OC(=O)c1ccc(-n2nc(SC)sc2=S)cc1. The van der Waals surface area contributed by atoms with Crippen LogP contribution in [0.15, 0.2) is 28.6 Å². The van der Waals surface area contributed by atoms with Gasteiger partial charge in [0.05, 0.1) is 11.3 Å². The van der Waals surface area contributed by atoms with E-state index in [4.69, 9.17) is 17.0 Å². The number of carbonyl (C=O) groups excluding carboxylic acids is 3. The smallest absolute Gasteiger partial charge is 0.338 e. The number of hydrogen-bond donors (Lipinski definition) is 2. The molecule has 2 aromatic rings. The quantitative estimate of drug-likeness (QED) is 0.416. The molecule has 11 heteroatoms. The Kier molecular flexibility index (Phi) is 7.51. The average molecular weight is 427 g/mol. The molecule has 0 saturated heterocycles. The zero-order valence-corrected chi connectivity index (χ0v) is 17.3. The lowest BCUT2D eigenvalue weighted by atomic mass is 10.2. The molecule has 3 amide bonds. The van der Waals surface area contributed by atoms with Crippen LogP contribution in [-0.4, -0.2) is 46.6 Å². The Morgan fingerprint density at radius 2 is 2.00 bits per heavy atom. The number of nitrogens with zero attached hydrogens (tertiary/aromatic N) is 2. The summed E-state index contributed by atoms with van der Waals surface area (Å²) in [5.74, 6) is -1.38. The number of ether oxygens (including phenoxy) is 1. The van der Waals surface area contributed by atoms with Gasteiger partial charge in [-0.05, 0) is 56.6 Å². The third kappa shape index (κ3) is 5.62. The second-order valence-corrected chi connectivity index (χ2v) is 7.87. The number of esters is 1. The van der Waals surface area contributed by atoms with Crippen molar-refractivity contribution >= 4 is 53.2 Å². The van der Waals surface area contributed by atoms with Gasteiger partial charge in [-0.25, -0.2) is 14.3 Å². The molecular formula is C16H18N4O4S3. The zero-order chi connectivity index (χ0) is 20.0. The Morgan fingerprint density at radius 1 is 1.33 bits per heavy atom. The highest BCUT2D eigenvalue weighted by molar-refractivity contribution is 8.00. The predicted octanol–water partition coefficient (Wildman–Crippen LogP) is 2.78. The van der Waals surface area contributed by atoms with E-state index < -0.39 is 24.0 Å². The summed E-state index contributed by atoms with van der Waals surface area (Å²) >= 11 is 8.18. The molecule has 1 heterocycles. The van der Waals surface area contributed by atoms with E-state index in [0.29, 0.717) is 10.5 Å². The highest BCUT2D eigenvalue weighted by atomic mass is 32.2. The topological polar surface area (TPSA) is 102 Å². The number of amides is 3. The first kappa shape index (κ1) is 21.1. The molecule has 27 heavy (non-hydrogen) atoms. The number of carbonyl (C=O) groups is 3. The molecule has 0 aliphatic carbocycles. The molecule has 0 aliphatic rings. The first-order chi connectivity index (χ1) is 12.8. The number of urea groups is 1. The van der Waals surface area contributed by atoms with Gasteiger partial charge in [0.2, 0.25) is 0 Å². The second-order valence-electron chi connectivity index (χ2n) is 5.19. The first-order valence-corrected chi connectivity index (χ1v) is 10.3. The van der Waals surface area contributed by atoms with Crippen LogP contribution in [0.3, 0.4) is 0 Å². The number of aromatic nitrogens is 2. The predicted molar refractivity (Wildman–Crippen MR) is 106 cm³/mol. The Hall–Kier alpha value is -2.24. The summed E-state index contributed by atoms with van der Waals surface area (Å²) in [5, 5.41) is 8.89. The molecule has 1 aromatic heterocycles. The van der Waals surface area contributed by atoms with Crippen LogP contribution in [0.1, 0.15) is 24.2 Å². The summed E-state index contributed by atoms with van der Waals surface area (Å²) < 4.78 is 8.15. The number of rotatable bonds is 6. The molecule has 1 aromatic carbocycles. The van der Waals surface area contributed by atoms with Gasteiger partial charge in [0.1, 0.15) is 0 Å². The van der Waals surface area contributed by atoms with Crippen molar-refractivity contribution in [1.82, 2.24) is 20.4 Å². The maximum Gasteiger partial charge on any atom is 0.338 e. The summed E-state index contributed by atoms with van der Waals surface area (Å²) in [4.78, 5) is 35.4. The fourth-order valence-corrected chi connectivity index (χ4v) is 3.72. The van der Waals surface area contributed by atoms with Gasteiger partial charge in [-0.1, -0.05) is 23.1 Å². The fraction of sp³-hybridized carbons (Fsp3) is 0.312. The molecule has 1 atom stereocenters. The molecule has 8 nitrogen and oxygen atoms in total. The number of benzene rings is 1. The third-order valence-electron chi connectivity index (χ3n) is 3.28. The van der Waals surface area contributed by atoms with Crippen LogP contribution in [0.5, 0.6) is 0 Å². The standard InChI is InChI=1S/C16H18N4O4S3/c1-4-17-14(23)18-12(21)9(2)24-13(22)10-5-7-11(8-6-10)20-16(25)27-15(19-20)26-3/h5-9H,4H2,1-3H3,(H2,17,18,21,23). The van der Waals surface area contributed by atoms with E-state index in [0.717, 1.165) is 10.0 Å². The van der Waals surface area contributed by atoms with E-state index >= 15 is 0 Å². The number of nitrogens with one attached hydrogen (secondary N) is 2. The molecule has 0 radical (unpaired) electrons. The minimum absolute atomic E-state index is 0.267. The van der Waals surface area contributed by atoms with Gasteiger partial charge in [0.15, 0.2) is 14.4 Å². The number of thioether (sulfide) groups is 1. The van der Waals surface area contributed by atoms with Crippen molar-refractivity contribution in [2.75, 3.05) is 12.8 Å². The Bertz CT molecular complexity index is 892. The fourth-order valence-electron chi connectivity index (χ4n) is 1.95. The summed E-state index contributed by atoms with van der Waals surface area (Å²) in [6.45, 7) is 3.48. The molecule has 0 fully saturated rings. The maximum atomic E-state index is 12.2. The van der Waals surface area contributed by atoms with Crippen molar-refractivity contribution in [3.8, 4) is 5.69 Å². The highest BCUT2D eigenvalue weighted by Gasteiger charge is 2.20. The first-order valence-electron chi connectivity index (χ1n) is 7.90. The van der Waals surface area contributed by atoms with Crippen LogP contribution < -0.4 is 10.6 Å².